The van der Waals surface area contributed by atoms with Gasteiger partial charge in [-0.3, -0.25) is 0 Å². The monoisotopic (exact) mass is 392 g/mol. The largest absolute Gasteiger partial charge is 0.371 e. The van der Waals surface area contributed by atoms with Crippen molar-refractivity contribution in [3.63, 3.8) is 0 Å². The van der Waals surface area contributed by atoms with Crippen LogP contribution >= 0.6 is 0 Å². The number of hydrogen-bond acceptors (Lipinski definition) is 4. The van der Waals surface area contributed by atoms with Crippen LogP contribution in [0.4, 0.5) is 14.5 Å². The van der Waals surface area contributed by atoms with Crippen molar-refractivity contribution in [2.45, 2.75) is 34.6 Å². The van der Waals surface area contributed by atoms with Crippen LogP contribution in [0.2, 0.25) is 0 Å². The number of anilines is 1. The average molecular weight is 392 g/mol. The van der Waals surface area contributed by atoms with Crippen LogP contribution in [0.1, 0.15) is 24.3 Å². The summed E-state index contributed by atoms with van der Waals surface area (Å²) in [6.45, 7) is 1.98. The maximum atomic E-state index is 13.5. The summed E-state index contributed by atoms with van der Waals surface area (Å²) < 4.78 is 52.6. The van der Waals surface area contributed by atoms with Gasteiger partial charge in [-0.15, -0.1) is 0 Å². The van der Waals surface area contributed by atoms with Crippen LogP contribution in [0.15, 0.2) is 46.2 Å². The van der Waals surface area contributed by atoms with Crippen LogP contribution in [0, 0.1) is 11.6 Å². The predicted molar refractivity (Wildman–Crippen MR) is 99.9 cm³/mol. The first-order valence-corrected chi connectivity index (χ1v) is 10.5. The Kier molecular flexibility index (Phi) is 4.47. The van der Waals surface area contributed by atoms with Crippen molar-refractivity contribution in [3.05, 3.63) is 53.6 Å². The van der Waals surface area contributed by atoms with Gasteiger partial charge in [0.05, 0.1) is 9.79 Å². The third-order valence-corrected chi connectivity index (χ3v) is 7.63. The van der Waals surface area contributed by atoms with Crippen LogP contribution in [0.3, 0.4) is 0 Å². The zero-order valence-corrected chi connectivity index (χ0v) is 16.1. The molecule has 2 heterocycles. The lowest BCUT2D eigenvalue weighted by Crippen LogP contribution is -2.31. The van der Waals surface area contributed by atoms with Crippen LogP contribution < -0.4 is 4.90 Å². The summed E-state index contributed by atoms with van der Waals surface area (Å²) in [6, 6.07) is 8.17. The maximum Gasteiger partial charge on any atom is 0.206 e. The van der Waals surface area contributed by atoms with Gasteiger partial charge in [0.25, 0.3) is 0 Å². The molecule has 2 atom stereocenters. The Morgan fingerprint density at radius 2 is 1.59 bits per heavy atom. The average Bonchev–Trinajstić information content (AvgIpc) is 2.77. The van der Waals surface area contributed by atoms with Gasteiger partial charge in [0.2, 0.25) is 9.84 Å². The number of hydrogen-bond donors (Lipinski definition) is 0. The molecule has 7 heteroatoms. The fourth-order valence-electron chi connectivity index (χ4n) is 4.32. The van der Waals surface area contributed by atoms with E-state index in [-0.39, 0.29) is 15.7 Å². The maximum absolute atomic E-state index is 13.5. The van der Waals surface area contributed by atoms with Crippen LogP contribution in [0.5, 0.6) is 0 Å². The first-order chi connectivity index (χ1) is 12.8. The molecule has 0 saturated carbocycles. The van der Waals surface area contributed by atoms with Crippen molar-refractivity contribution in [1.29, 1.82) is 0 Å². The molecule has 0 N–H and O–H groups in total. The van der Waals surface area contributed by atoms with Crippen LogP contribution in [-0.4, -0.2) is 46.5 Å². The van der Waals surface area contributed by atoms with E-state index in [2.05, 4.69) is 23.9 Å². The molecular formula is C20H22F2N2O2S. The Labute approximate surface area is 158 Å². The minimum absolute atomic E-state index is 0.124. The highest BCUT2D eigenvalue weighted by molar-refractivity contribution is 7.91. The molecule has 27 heavy (non-hydrogen) atoms. The fraction of sp³-hybridized carbons (Fsp3) is 0.400. The minimum atomic E-state index is -3.91. The topological polar surface area (TPSA) is 40.6 Å². The predicted octanol–water partition coefficient (Wildman–Crippen LogP) is 3.43. The van der Waals surface area contributed by atoms with Gasteiger partial charge in [-0.25, -0.2) is 17.2 Å². The van der Waals surface area contributed by atoms with E-state index in [4.69, 9.17) is 0 Å². The van der Waals surface area contributed by atoms with E-state index in [1.165, 1.54) is 0 Å². The Hall–Kier alpha value is -1.99. The number of likely N-dealkylation sites (N-methyl/N-ethyl adjacent to an activating group) is 1. The molecule has 1 saturated heterocycles. The molecule has 2 aromatic carbocycles. The van der Waals surface area contributed by atoms with Gasteiger partial charge in [-0.1, -0.05) is 0 Å². The van der Waals surface area contributed by atoms with Crippen molar-refractivity contribution < 1.29 is 17.2 Å². The first-order valence-electron chi connectivity index (χ1n) is 9.04. The molecule has 4 nitrogen and oxygen atoms in total. The summed E-state index contributed by atoms with van der Waals surface area (Å²) in [4.78, 5) is 4.43. The standard InChI is InChI=1S/C20H22F2N2O2S/c1-23-9-7-15-16-11-13(4-6-19(16)24(2)20(15)8-10-23)27(25,26)14-3-5-17(21)18(22)12-14/h3-6,11-12,15,20H,7-10H2,1-2H3/t15-,20?/m0/s1. The van der Waals surface area contributed by atoms with Crippen molar-refractivity contribution in [3.8, 4) is 0 Å². The lowest BCUT2D eigenvalue weighted by Gasteiger charge is -2.25. The van der Waals surface area contributed by atoms with Gasteiger partial charge < -0.3 is 9.80 Å². The highest BCUT2D eigenvalue weighted by Gasteiger charge is 2.38. The van der Waals surface area contributed by atoms with Gasteiger partial charge in [0.1, 0.15) is 0 Å². The minimum Gasteiger partial charge on any atom is -0.371 e. The Morgan fingerprint density at radius 1 is 0.926 bits per heavy atom. The summed E-state index contributed by atoms with van der Waals surface area (Å²) in [7, 11) is 0.246. The van der Waals surface area contributed by atoms with Gasteiger partial charge in [0.15, 0.2) is 11.6 Å². The van der Waals surface area contributed by atoms with E-state index in [1.54, 1.807) is 12.1 Å². The highest BCUT2D eigenvalue weighted by atomic mass is 32.2. The quantitative estimate of drug-likeness (QED) is 0.735. The first kappa shape index (κ1) is 18.4. The molecule has 1 unspecified atom stereocenters. The number of rotatable bonds is 2. The molecule has 2 aliphatic heterocycles. The summed E-state index contributed by atoms with van der Waals surface area (Å²) >= 11 is 0. The van der Waals surface area contributed by atoms with Crippen LogP contribution in [-0.2, 0) is 9.84 Å². The third-order valence-electron chi connectivity index (χ3n) is 5.88. The second kappa shape index (κ2) is 6.56. The Bertz CT molecular complexity index is 993. The third kappa shape index (κ3) is 3.02. The normalized spacial score (nSPS) is 23.0. The molecule has 0 spiro atoms. The number of halogens is 2. The van der Waals surface area contributed by atoms with E-state index in [0.29, 0.717) is 6.04 Å². The van der Waals surface area contributed by atoms with E-state index < -0.39 is 21.5 Å². The smallest absolute Gasteiger partial charge is 0.206 e. The molecule has 1 fully saturated rings. The van der Waals surface area contributed by atoms with Crippen molar-refractivity contribution in [1.82, 2.24) is 4.90 Å². The number of sulfone groups is 1. The van der Waals surface area contributed by atoms with Gasteiger partial charge in [-0.05, 0) is 74.9 Å². The van der Waals surface area contributed by atoms with Gasteiger partial charge in [-0.2, -0.15) is 0 Å². The van der Waals surface area contributed by atoms with Crippen LogP contribution in [0.25, 0.3) is 0 Å². The fourth-order valence-corrected chi connectivity index (χ4v) is 5.63. The Morgan fingerprint density at radius 3 is 2.33 bits per heavy atom. The number of fused-ring (bicyclic) bond motifs is 3. The van der Waals surface area contributed by atoms with E-state index >= 15 is 0 Å². The summed E-state index contributed by atoms with van der Waals surface area (Å²) in [5, 5.41) is 0. The highest BCUT2D eigenvalue weighted by Crippen LogP contribution is 2.45. The number of likely N-dealkylation sites (tertiary alicyclic amines) is 1. The van der Waals surface area contributed by atoms with E-state index in [0.717, 1.165) is 55.4 Å². The summed E-state index contributed by atoms with van der Waals surface area (Å²) in [6.07, 6.45) is 1.99. The van der Waals surface area contributed by atoms with Gasteiger partial charge >= 0.3 is 0 Å². The SMILES string of the molecule is CN1CCC2[C@@H](CC1)c1cc(S(=O)(=O)c3ccc(F)c(F)c3)ccc1N2C. The molecule has 2 aromatic rings. The lowest BCUT2D eigenvalue weighted by molar-refractivity contribution is 0.345. The molecule has 0 bridgehead atoms. The van der Waals surface area contributed by atoms with E-state index in [9.17, 15) is 17.2 Å². The number of nitrogens with zero attached hydrogens (tertiary/aromatic N) is 2. The van der Waals surface area contributed by atoms with Crippen molar-refractivity contribution in [2.24, 2.45) is 0 Å². The van der Waals surface area contributed by atoms with Crippen molar-refractivity contribution in [2.75, 3.05) is 32.1 Å². The molecule has 4 rings (SSSR count). The molecule has 144 valence electrons. The molecule has 2 aliphatic rings. The lowest BCUT2D eigenvalue weighted by atomic mass is 9.91. The molecule has 0 radical (unpaired) electrons. The second-order valence-corrected chi connectivity index (χ2v) is 9.42. The molecular weight excluding hydrogens is 370 g/mol. The number of benzene rings is 2. The summed E-state index contributed by atoms with van der Waals surface area (Å²) in [5.41, 5.74) is 2.08. The molecule has 0 aliphatic carbocycles. The summed E-state index contributed by atoms with van der Waals surface area (Å²) in [5.74, 6) is -1.95. The van der Waals surface area contributed by atoms with Gasteiger partial charge in [0, 0.05) is 24.7 Å². The zero-order chi connectivity index (χ0) is 19.3. The Balaban J connectivity index is 1.76. The molecule has 0 aromatic heterocycles. The van der Waals surface area contributed by atoms with E-state index in [1.807, 2.05) is 6.07 Å². The van der Waals surface area contributed by atoms with Crippen molar-refractivity contribution >= 4 is 15.5 Å². The second-order valence-electron chi connectivity index (χ2n) is 7.47. The molecule has 0 amide bonds. The zero-order valence-electron chi connectivity index (χ0n) is 15.3.